The van der Waals surface area contributed by atoms with Crippen LogP contribution in [0.15, 0.2) is 82.5 Å². The Morgan fingerprint density at radius 1 is 1.02 bits per heavy atom. The van der Waals surface area contributed by atoms with E-state index in [2.05, 4.69) is 5.10 Å². The quantitative estimate of drug-likeness (QED) is 0.172. The average Bonchev–Trinajstić information content (AvgIpc) is 3.24. The van der Waals surface area contributed by atoms with Gasteiger partial charge in [-0.1, -0.05) is 37.3 Å². The Morgan fingerprint density at radius 3 is 2.35 bits per heavy atom. The number of benzene rings is 3. The van der Waals surface area contributed by atoms with E-state index < -0.39 is 28.6 Å². The van der Waals surface area contributed by atoms with E-state index in [0.717, 1.165) is 32.8 Å². The number of carbonyl (C=O) groups excluding carboxylic acids is 1. The normalized spacial score (nSPS) is 12.2. The number of hydrogen-bond acceptors (Lipinski definition) is 6. The van der Waals surface area contributed by atoms with Gasteiger partial charge in [-0.15, -0.1) is 16.9 Å². The maximum absolute atomic E-state index is 13.2. The molecule has 4 aromatic rings. The first kappa shape index (κ1) is 29.0. The van der Waals surface area contributed by atoms with E-state index >= 15 is 0 Å². The van der Waals surface area contributed by atoms with E-state index in [1.165, 1.54) is 28.5 Å². The Hall–Kier alpha value is -3.99. The molecule has 0 saturated carbocycles. The monoisotopic (exact) mass is 571 g/mol. The van der Waals surface area contributed by atoms with E-state index in [1.54, 1.807) is 20.0 Å². The maximum Gasteiger partial charge on any atom is 0.416 e. The van der Waals surface area contributed by atoms with Gasteiger partial charge in [-0.3, -0.25) is 4.57 Å². The van der Waals surface area contributed by atoms with Gasteiger partial charge < -0.3 is 9.47 Å². The molecular weight excluding hydrogens is 543 g/mol. The van der Waals surface area contributed by atoms with Crippen molar-refractivity contribution in [2.24, 2.45) is 7.05 Å². The van der Waals surface area contributed by atoms with Crippen molar-refractivity contribution in [2.45, 2.75) is 36.6 Å². The molecule has 11 heteroatoms. The van der Waals surface area contributed by atoms with Gasteiger partial charge in [0, 0.05) is 11.9 Å². The predicted molar refractivity (Wildman–Crippen MR) is 146 cm³/mol. The van der Waals surface area contributed by atoms with Gasteiger partial charge in [0.05, 0.1) is 23.1 Å². The summed E-state index contributed by atoms with van der Waals surface area (Å²) in [7, 11) is 1.59. The molecule has 1 heterocycles. The lowest BCUT2D eigenvalue weighted by molar-refractivity contribution is -0.145. The van der Waals surface area contributed by atoms with E-state index in [1.807, 2.05) is 49.4 Å². The molecule has 0 spiro atoms. The van der Waals surface area contributed by atoms with Gasteiger partial charge in [0.15, 0.2) is 12.4 Å². The SMILES string of the molecule is CCOC(=O)COc1ccc(SC(c2ccccc2)c2nn(-c3ccc(C(F)(F)F)cc3)c(=O)n2C)cc1CC. The minimum Gasteiger partial charge on any atom is -0.482 e. The van der Waals surface area contributed by atoms with E-state index in [0.29, 0.717) is 18.0 Å². The second kappa shape index (κ2) is 12.5. The van der Waals surface area contributed by atoms with Crippen LogP contribution >= 0.6 is 11.8 Å². The van der Waals surface area contributed by atoms with Gasteiger partial charge in [0.25, 0.3) is 0 Å². The van der Waals surface area contributed by atoms with E-state index in [4.69, 9.17) is 9.47 Å². The Kier molecular flexibility index (Phi) is 9.03. The topological polar surface area (TPSA) is 75.3 Å². The van der Waals surface area contributed by atoms with Gasteiger partial charge in [-0.05, 0) is 66.9 Å². The molecule has 1 atom stereocenters. The highest BCUT2D eigenvalue weighted by Gasteiger charge is 2.30. The number of alkyl halides is 3. The predicted octanol–water partition coefficient (Wildman–Crippen LogP) is 5.98. The summed E-state index contributed by atoms with van der Waals surface area (Å²) < 4.78 is 52.2. The summed E-state index contributed by atoms with van der Waals surface area (Å²) in [4.78, 5) is 25.8. The van der Waals surface area contributed by atoms with Crippen LogP contribution in [0.5, 0.6) is 5.75 Å². The lowest BCUT2D eigenvalue weighted by Crippen LogP contribution is -2.22. The maximum atomic E-state index is 13.2. The van der Waals surface area contributed by atoms with Crippen molar-refractivity contribution in [3.8, 4) is 11.4 Å². The van der Waals surface area contributed by atoms with Gasteiger partial charge in [0.1, 0.15) is 5.75 Å². The standard InChI is InChI=1S/C29H28F3N3O4S/c1-4-19-17-23(15-16-24(19)39-18-25(36)38-5-2)40-26(20-9-7-6-8-10-20)27-33-35(28(37)34(27)3)22-13-11-21(12-14-22)29(30,31)32/h6-17,26H,4-5,18H2,1-3H3. The van der Waals surface area contributed by atoms with Gasteiger partial charge in [-0.25, -0.2) is 9.59 Å². The molecule has 0 aliphatic rings. The fourth-order valence-electron chi connectivity index (χ4n) is 4.06. The lowest BCUT2D eigenvalue weighted by atomic mass is 10.1. The van der Waals surface area contributed by atoms with Crippen LogP contribution in [0.4, 0.5) is 13.2 Å². The van der Waals surface area contributed by atoms with Crippen LogP contribution in [0.1, 0.15) is 41.6 Å². The minimum atomic E-state index is -4.48. The number of aryl methyl sites for hydroxylation is 1. The molecule has 210 valence electrons. The van der Waals surface area contributed by atoms with Crippen LogP contribution in [-0.2, 0) is 29.2 Å². The van der Waals surface area contributed by atoms with Crippen LogP contribution in [0.3, 0.4) is 0 Å². The number of halogens is 3. The van der Waals surface area contributed by atoms with Gasteiger partial charge >= 0.3 is 17.8 Å². The number of aromatic nitrogens is 3. The summed E-state index contributed by atoms with van der Waals surface area (Å²) in [6.45, 7) is 3.79. The second-order valence-electron chi connectivity index (χ2n) is 8.78. The molecule has 0 fully saturated rings. The van der Waals surface area contributed by atoms with Crippen LogP contribution in [0, 0.1) is 0 Å². The highest BCUT2D eigenvalue weighted by atomic mass is 32.2. The van der Waals surface area contributed by atoms with Crippen LogP contribution in [0.25, 0.3) is 5.69 Å². The summed E-state index contributed by atoms with van der Waals surface area (Å²) in [6, 6.07) is 19.5. The lowest BCUT2D eigenvalue weighted by Gasteiger charge is -2.18. The van der Waals surface area contributed by atoms with Gasteiger partial charge in [-0.2, -0.15) is 17.9 Å². The number of thioether (sulfide) groups is 1. The zero-order chi connectivity index (χ0) is 28.9. The van der Waals surface area contributed by atoms with Crippen molar-refractivity contribution in [3.63, 3.8) is 0 Å². The smallest absolute Gasteiger partial charge is 0.416 e. The molecule has 0 aliphatic heterocycles. The first-order valence-electron chi connectivity index (χ1n) is 12.6. The zero-order valence-electron chi connectivity index (χ0n) is 22.1. The van der Waals surface area contributed by atoms with E-state index in [-0.39, 0.29) is 18.9 Å². The molecule has 0 radical (unpaired) electrons. The summed E-state index contributed by atoms with van der Waals surface area (Å²) in [5.41, 5.74) is 0.729. The average molecular weight is 572 g/mol. The van der Waals surface area contributed by atoms with Crippen molar-refractivity contribution in [1.29, 1.82) is 0 Å². The third-order valence-electron chi connectivity index (χ3n) is 6.11. The number of carbonyl (C=O) groups is 1. The molecular formula is C29H28F3N3O4S. The molecule has 1 unspecified atom stereocenters. The third kappa shape index (κ3) is 6.59. The number of nitrogens with zero attached hydrogens (tertiary/aromatic N) is 3. The molecule has 7 nitrogen and oxygen atoms in total. The molecule has 4 rings (SSSR count). The first-order valence-corrected chi connectivity index (χ1v) is 13.5. The van der Waals surface area contributed by atoms with E-state index in [9.17, 15) is 22.8 Å². The zero-order valence-corrected chi connectivity index (χ0v) is 23.0. The number of hydrogen-bond donors (Lipinski definition) is 0. The number of rotatable bonds is 10. The Labute approximate surface area is 233 Å². The minimum absolute atomic E-state index is 0.191. The summed E-state index contributed by atoms with van der Waals surface area (Å²) in [6.07, 6.45) is -3.83. The Bertz CT molecular complexity index is 1520. The van der Waals surface area contributed by atoms with Crippen molar-refractivity contribution in [2.75, 3.05) is 13.2 Å². The van der Waals surface area contributed by atoms with Crippen LogP contribution in [-0.4, -0.2) is 33.5 Å². The van der Waals surface area contributed by atoms with Crippen molar-refractivity contribution in [1.82, 2.24) is 14.3 Å². The van der Waals surface area contributed by atoms with Crippen molar-refractivity contribution < 1.29 is 27.4 Å². The number of ether oxygens (including phenoxy) is 2. The summed E-state index contributed by atoms with van der Waals surface area (Å²) in [5.74, 6) is 0.564. The highest BCUT2D eigenvalue weighted by molar-refractivity contribution is 7.99. The fourth-order valence-corrected chi connectivity index (χ4v) is 5.29. The Balaban J connectivity index is 1.68. The molecule has 1 aromatic heterocycles. The molecule has 40 heavy (non-hydrogen) atoms. The largest absolute Gasteiger partial charge is 0.482 e. The third-order valence-corrected chi connectivity index (χ3v) is 7.35. The Morgan fingerprint density at radius 2 is 1.73 bits per heavy atom. The van der Waals surface area contributed by atoms with Gasteiger partial charge in [0.2, 0.25) is 0 Å². The van der Waals surface area contributed by atoms with Crippen molar-refractivity contribution in [3.05, 3.63) is 106 Å². The molecule has 0 aliphatic carbocycles. The summed E-state index contributed by atoms with van der Waals surface area (Å²) in [5, 5.41) is 4.15. The fraction of sp³-hybridized carbons (Fsp3) is 0.276. The molecule has 3 aromatic carbocycles. The highest BCUT2D eigenvalue weighted by Crippen LogP contribution is 2.41. The molecule has 0 amide bonds. The summed E-state index contributed by atoms with van der Waals surface area (Å²) >= 11 is 1.47. The first-order chi connectivity index (χ1) is 19.1. The van der Waals surface area contributed by atoms with Crippen molar-refractivity contribution >= 4 is 17.7 Å². The van der Waals surface area contributed by atoms with Crippen LogP contribution in [0.2, 0.25) is 0 Å². The van der Waals surface area contributed by atoms with Crippen LogP contribution < -0.4 is 10.4 Å². The molecule has 0 N–H and O–H groups in total. The second-order valence-corrected chi connectivity index (χ2v) is 9.96. The molecule has 0 saturated heterocycles. The molecule has 0 bridgehead atoms. The number of esters is 1.